The predicted octanol–water partition coefficient (Wildman–Crippen LogP) is 3.99. The van der Waals surface area contributed by atoms with Gasteiger partial charge in [-0.25, -0.2) is 0 Å². The molecule has 0 radical (unpaired) electrons. The molecule has 0 aliphatic carbocycles. The quantitative estimate of drug-likeness (QED) is 0.600. The van der Waals surface area contributed by atoms with Crippen molar-refractivity contribution in [2.24, 2.45) is 4.99 Å². The third kappa shape index (κ3) is 2.40. The Morgan fingerprint density at radius 3 is 2.19 bits per heavy atom. The van der Waals surface area contributed by atoms with Crippen molar-refractivity contribution in [3.05, 3.63) is 75.4 Å². The van der Waals surface area contributed by atoms with Crippen LogP contribution in [0, 0.1) is 5.21 Å². The highest BCUT2D eigenvalue weighted by Crippen LogP contribution is 2.25. The van der Waals surface area contributed by atoms with Crippen molar-refractivity contribution in [1.29, 1.82) is 0 Å². The van der Waals surface area contributed by atoms with Gasteiger partial charge in [-0.2, -0.15) is 0 Å². The Bertz CT molecular complexity index is 731. The van der Waals surface area contributed by atoms with Crippen LogP contribution in [0.3, 0.4) is 0 Å². The number of hydrogen-bond donors (Lipinski definition) is 0. The average Bonchev–Trinajstić information content (AvgIpc) is 2.72. The number of aliphatic imine (C=N–C) groups is 1. The van der Waals surface area contributed by atoms with E-state index in [-0.39, 0.29) is 0 Å². The highest BCUT2D eigenvalue weighted by Gasteiger charge is 2.43. The van der Waals surface area contributed by atoms with E-state index in [1.165, 1.54) is 0 Å². The Labute approximate surface area is 132 Å². The van der Waals surface area contributed by atoms with E-state index in [2.05, 4.69) is 20.9 Å². The number of amidine groups is 1. The number of nitrogens with zero attached hydrogens (tertiary/aromatic N) is 2. The molecule has 0 unspecified atom stereocenters. The lowest BCUT2D eigenvalue weighted by atomic mass is 9.93. The fourth-order valence-electron chi connectivity index (χ4n) is 2.44. The van der Waals surface area contributed by atoms with Gasteiger partial charge in [-0.3, -0.25) is 4.74 Å². The van der Waals surface area contributed by atoms with Gasteiger partial charge in [0, 0.05) is 10.0 Å². The molecule has 21 heavy (non-hydrogen) atoms. The number of benzene rings is 2. The summed E-state index contributed by atoms with van der Waals surface area (Å²) in [7, 11) is 0. The first kappa shape index (κ1) is 14.0. The van der Waals surface area contributed by atoms with E-state index in [1.807, 2.05) is 68.4 Å². The third-order valence-electron chi connectivity index (χ3n) is 3.65. The lowest BCUT2D eigenvalue weighted by Crippen LogP contribution is -2.39. The molecule has 0 spiro atoms. The SMILES string of the molecule is CC1(C)C(c2ccccc2)=NC(c2ccc(Br)cc2)=[N+]1[O-]. The Hall–Kier alpha value is -1.94. The van der Waals surface area contributed by atoms with Gasteiger partial charge in [0.05, 0.1) is 5.56 Å². The molecule has 0 saturated carbocycles. The molecule has 0 N–H and O–H groups in total. The van der Waals surface area contributed by atoms with Crippen molar-refractivity contribution in [3.63, 3.8) is 0 Å². The molecule has 1 heterocycles. The maximum atomic E-state index is 12.6. The second-order valence-corrected chi connectivity index (χ2v) is 6.43. The van der Waals surface area contributed by atoms with E-state index in [9.17, 15) is 5.21 Å². The van der Waals surface area contributed by atoms with Crippen LogP contribution in [0.15, 0.2) is 64.1 Å². The summed E-state index contributed by atoms with van der Waals surface area (Å²) in [5, 5.41) is 12.6. The fraction of sp³-hybridized carbons (Fsp3) is 0.176. The van der Waals surface area contributed by atoms with Gasteiger partial charge < -0.3 is 5.21 Å². The highest BCUT2D eigenvalue weighted by molar-refractivity contribution is 9.10. The largest absolute Gasteiger partial charge is 0.714 e. The lowest BCUT2D eigenvalue weighted by Gasteiger charge is -2.23. The van der Waals surface area contributed by atoms with Crippen LogP contribution in [0.2, 0.25) is 0 Å². The number of rotatable bonds is 2. The zero-order valence-corrected chi connectivity index (χ0v) is 13.5. The molecule has 0 amide bonds. The van der Waals surface area contributed by atoms with E-state index < -0.39 is 5.54 Å². The Balaban J connectivity index is 2.10. The maximum absolute atomic E-state index is 12.6. The van der Waals surface area contributed by atoms with Crippen molar-refractivity contribution >= 4 is 27.5 Å². The smallest absolute Gasteiger partial charge is 0.329 e. The summed E-state index contributed by atoms with van der Waals surface area (Å²) < 4.78 is 1.98. The number of hydrogen-bond acceptors (Lipinski definition) is 2. The van der Waals surface area contributed by atoms with Crippen molar-refractivity contribution in [3.8, 4) is 0 Å². The lowest BCUT2D eigenvalue weighted by molar-refractivity contribution is -0.512. The van der Waals surface area contributed by atoms with Crippen LogP contribution in [0.4, 0.5) is 0 Å². The summed E-state index contributed by atoms with van der Waals surface area (Å²) in [6.07, 6.45) is 0. The predicted molar refractivity (Wildman–Crippen MR) is 88.9 cm³/mol. The fourth-order valence-corrected chi connectivity index (χ4v) is 2.71. The highest BCUT2D eigenvalue weighted by atomic mass is 79.9. The van der Waals surface area contributed by atoms with E-state index in [1.54, 1.807) is 0 Å². The summed E-state index contributed by atoms with van der Waals surface area (Å²) in [5.74, 6) is 0.464. The van der Waals surface area contributed by atoms with E-state index >= 15 is 0 Å². The first-order valence-electron chi connectivity index (χ1n) is 6.75. The first-order chi connectivity index (χ1) is 10.00. The molecule has 106 valence electrons. The molecule has 0 bridgehead atoms. The minimum atomic E-state index is -0.677. The molecule has 2 aromatic rings. The maximum Gasteiger partial charge on any atom is 0.329 e. The number of halogens is 1. The molecular formula is C17H15BrN2O. The van der Waals surface area contributed by atoms with Gasteiger partial charge >= 0.3 is 5.84 Å². The van der Waals surface area contributed by atoms with Crippen molar-refractivity contribution in [2.45, 2.75) is 19.4 Å². The molecule has 3 rings (SSSR count). The summed E-state index contributed by atoms with van der Waals surface area (Å²) in [6.45, 7) is 3.80. The summed E-state index contributed by atoms with van der Waals surface area (Å²) in [5.41, 5.74) is 1.93. The van der Waals surface area contributed by atoms with Crippen LogP contribution >= 0.6 is 15.9 Å². The Morgan fingerprint density at radius 1 is 0.952 bits per heavy atom. The van der Waals surface area contributed by atoms with Crippen molar-refractivity contribution in [2.75, 3.05) is 0 Å². The van der Waals surface area contributed by atoms with Gasteiger partial charge in [-0.1, -0.05) is 46.3 Å². The second-order valence-electron chi connectivity index (χ2n) is 5.51. The number of hydroxylamine groups is 1. The molecule has 0 saturated heterocycles. The molecule has 0 aromatic heterocycles. The third-order valence-corrected chi connectivity index (χ3v) is 4.18. The van der Waals surface area contributed by atoms with Crippen LogP contribution in [0.25, 0.3) is 0 Å². The second kappa shape index (κ2) is 5.11. The van der Waals surface area contributed by atoms with Gasteiger partial charge in [-0.15, -0.1) is 0 Å². The van der Waals surface area contributed by atoms with E-state index in [0.29, 0.717) is 5.84 Å². The molecule has 1 aliphatic heterocycles. The molecule has 3 nitrogen and oxygen atoms in total. The van der Waals surface area contributed by atoms with Gasteiger partial charge in [0.25, 0.3) is 0 Å². The van der Waals surface area contributed by atoms with Gasteiger partial charge in [-0.05, 0) is 43.1 Å². The summed E-state index contributed by atoms with van der Waals surface area (Å²) in [6, 6.07) is 17.5. The minimum absolute atomic E-state index is 0.464. The molecular weight excluding hydrogens is 328 g/mol. The minimum Gasteiger partial charge on any atom is -0.714 e. The van der Waals surface area contributed by atoms with Crippen molar-refractivity contribution in [1.82, 2.24) is 0 Å². The van der Waals surface area contributed by atoms with Crippen LogP contribution in [-0.2, 0) is 0 Å². The molecule has 0 atom stereocenters. The van der Waals surface area contributed by atoms with Gasteiger partial charge in [0.1, 0.15) is 0 Å². The summed E-state index contributed by atoms with van der Waals surface area (Å²) >= 11 is 3.40. The molecule has 1 aliphatic rings. The molecule has 2 aromatic carbocycles. The van der Waals surface area contributed by atoms with Crippen molar-refractivity contribution < 1.29 is 4.74 Å². The zero-order valence-electron chi connectivity index (χ0n) is 11.9. The summed E-state index contributed by atoms with van der Waals surface area (Å²) in [4.78, 5) is 4.62. The van der Waals surface area contributed by atoms with Crippen LogP contribution in [0.1, 0.15) is 25.0 Å². The Morgan fingerprint density at radius 2 is 1.57 bits per heavy atom. The van der Waals surface area contributed by atoms with Gasteiger partial charge in [0.2, 0.25) is 5.71 Å². The monoisotopic (exact) mass is 342 g/mol. The Kier molecular flexibility index (Phi) is 3.41. The normalized spacial score (nSPS) is 17.0. The van der Waals surface area contributed by atoms with Crippen LogP contribution in [-0.4, -0.2) is 21.8 Å². The first-order valence-corrected chi connectivity index (χ1v) is 7.54. The average molecular weight is 343 g/mol. The standard InChI is InChI=1S/C17H15BrN2O/c1-17(2)15(12-6-4-3-5-7-12)19-16(20(17)21)13-8-10-14(18)11-9-13/h3-11H,1-2H3. The van der Waals surface area contributed by atoms with Crippen LogP contribution in [0.5, 0.6) is 0 Å². The molecule has 0 fully saturated rings. The zero-order chi connectivity index (χ0) is 15.0. The molecule has 4 heteroatoms. The van der Waals surface area contributed by atoms with E-state index in [4.69, 9.17) is 0 Å². The van der Waals surface area contributed by atoms with E-state index in [0.717, 1.165) is 26.1 Å². The van der Waals surface area contributed by atoms with Crippen LogP contribution < -0.4 is 0 Å². The topological polar surface area (TPSA) is 38.4 Å². The van der Waals surface area contributed by atoms with Gasteiger partial charge in [0.15, 0.2) is 5.54 Å².